The number of carbonyl (C=O) groups excluding carboxylic acids is 1. The van der Waals surface area contributed by atoms with Gasteiger partial charge in [-0.1, -0.05) is 0 Å². The molecule has 0 aromatic carbocycles. The van der Waals surface area contributed by atoms with Crippen LogP contribution in [0.3, 0.4) is 0 Å². The summed E-state index contributed by atoms with van der Waals surface area (Å²) in [6.45, 7) is 1.68. The Kier molecular flexibility index (Phi) is 4.45. The summed E-state index contributed by atoms with van der Waals surface area (Å²) in [5.74, 6) is 0. The van der Waals surface area contributed by atoms with Crippen molar-refractivity contribution in [1.29, 1.82) is 0 Å². The molecule has 0 heterocycles. The molecule has 0 saturated carbocycles. The molecule has 0 aliphatic heterocycles. The van der Waals surface area contributed by atoms with E-state index in [1.54, 1.807) is 6.82 Å². The number of rotatable bonds is 4. The first-order chi connectivity index (χ1) is 3.81. The van der Waals surface area contributed by atoms with Crippen molar-refractivity contribution in [2.45, 2.75) is 6.82 Å². The van der Waals surface area contributed by atoms with Crippen LogP contribution in [0.15, 0.2) is 0 Å². The van der Waals surface area contributed by atoms with E-state index in [-0.39, 0.29) is 13.8 Å². The van der Waals surface area contributed by atoms with Crippen LogP contribution < -0.4 is 0 Å². The van der Waals surface area contributed by atoms with E-state index in [0.717, 1.165) is 0 Å². The minimum absolute atomic E-state index is 0.0833. The van der Waals surface area contributed by atoms with Crippen LogP contribution in [-0.4, -0.2) is 26.9 Å². The van der Waals surface area contributed by atoms with Crippen LogP contribution in [0.4, 0.5) is 0 Å². The Morgan fingerprint density at radius 1 is 1.88 bits per heavy atom. The van der Waals surface area contributed by atoms with Gasteiger partial charge in [0, 0.05) is 0 Å². The second-order valence-corrected chi connectivity index (χ2v) is 1.22. The van der Waals surface area contributed by atoms with Crippen molar-refractivity contribution in [2.24, 2.45) is 0 Å². The van der Waals surface area contributed by atoms with Crippen LogP contribution >= 0.6 is 0 Å². The van der Waals surface area contributed by atoms with Crippen LogP contribution in [-0.2, 0) is 14.2 Å². The number of carbonyl (C=O) groups is 1. The average Bonchev–Trinajstić information content (AvgIpc) is 1.83. The second-order valence-electron chi connectivity index (χ2n) is 1.22. The van der Waals surface area contributed by atoms with Gasteiger partial charge in [-0.3, -0.25) is 0 Å². The van der Waals surface area contributed by atoms with Crippen molar-refractivity contribution in [2.75, 3.05) is 6.61 Å². The van der Waals surface area contributed by atoms with E-state index < -0.39 is 5.68 Å². The van der Waals surface area contributed by atoms with E-state index in [4.69, 9.17) is 0 Å². The molecule has 8 heavy (non-hydrogen) atoms. The molecule has 0 aliphatic carbocycles. The van der Waals surface area contributed by atoms with Crippen molar-refractivity contribution < 1.29 is 14.2 Å². The quantitative estimate of drug-likeness (QED) is 0.437. The van der Waals surface area contributed by atoms with Gasteiger partial charge >= 0.3 is 47.9 Å². The van der Waals surface area contributed by atoms with Crippen LogP contribution in [0.25, 0.3) is 0 Å². The second kappa shape index (κ2) is 4.71. The maximum atomic E-state index is 10.1. The minimum atomic E-state index is -0.508. The fourth-order valence-corrected chi connectivity index (χ4v) is 0.237. The van der Waals surface area contributed by atoms with Crippen molar-refractivity contribution in [3.8, 4) is 0 Å². The predicted octanol–water partition coefficient (Wildman–Crippen LogP) is -1.02. The molecule has 0 aromatic rings. The maximum absolute atomic E-state index is 10.1. The first kappa shape index (κ1) is 7.56. The van der Waals surface area contributed by atoms with E-state index >= 15 is 0 Å². The Morgan fingerprint density at radius 2 is 2.50 bits per heavy atom. The van der Waals surface area contributed by atoms with E-state index in [0.29, 0.717) is 7.48 Å². The molecule has 0 amide bonds. The van der Waals surface area contributed by atoms with Crippen molar-refractivity contribution >= 4 is 20.3 Å². The summed E-state index contributed by atoms with van der Waals surface area (Å²) in [5.41, 5.74) is -0.508. The summed E-state index contributed by atoms with van der Waals surface area (Å²) in [4.78, 5) is 10.1. The van der Waals surface area contributed by atoms with Crippen LogP contribution in [0.5, 0.6) is 0 Å². The van der Waals surface area contributed by atoms with E-state index in [9.17, 15) is 9.50 Å². The molecule has 0 rings (SSSR count). The van der Waals surface area contributed by atoms with Gasteiger partial charge in [0.1, 0.15) is 0 Å². The Labute approximate surface area is 48.9 Å². The average molecular weight is 112 g/mol. The molecule has 0 aromatic heterocycles. The van der Waals surface area contributed by atoms with Crippen LogP contribution in [0, 0.1) is 0 Å². The predicted molar refractivity (Wildman–Crippen MR) is 30.4 cm³/mol. The van der Waals surface area contributed by atoms with Crippen LogP contribution in [0.1, 0.15) is 0 Å². The number of hydrogen-bond donors (Lipinski definition) is 0. The molecule has 5 heteroatoms. The molecule has 0 N–H and O–H groups in total. The monoisotopic (exact) mass is 112 g/mol. The van der Waals surface area contributed by atoms with Crippen LogP contribution in [0.2, 0.25) is 6.82 Å². The molecule has 0 bridgehead atoms. The molecular formula is C3H6B2O3. The molecule has 0 aliphatic rings. The Morgan fingerprint density at radius 3 is 2.88 bits per heavy atom. The molecule has 0 spiro atoms. The van der Waals surface area contributed by atoms with Gasteiger partial charge in [-0.15, -0.1) is 0 Å². The fourth-order valence-electron chi connectivity index (χ4n) is 0.237. The van der Waals surface area contributed by atoms with Gasteiger partial charge in [-0.2, -0.15) is 0 Å². The summed E-state index contributed by atoms with van der Waals surface area (Å²) in [6.07, 6.45) is 0. The van der Waals surface area contributed by atoms with E-state index in [1.165, 1.54) is 0 Å². The molecule has 0 fully saturated rings. The van der Waals surface area contributed by atoms with Gasteiger partial charge in [0.15, 0.2) is 0 Å². The normalized spacial score (nSPS) is 7.62. The SMILES string of the molecule is CBOCC(=O)B=O. The number of hydrogen-bond acceptors (Lipinski definition) is 3. The van der Waals surface area contributed by atoms with Gasteiger partial charge < -0.3 is 0 Å². The zero-order valence-corrected chi connectivity index (χ0v) is 4.72. The summed E-state index contributed by atoms with van der Waals surface area (Å²) >= 11 is 0. The van der Waals surface area contributed by atoms with Crippen molar-refractivity contribution in [3.05, 3.63) is 0 Å². The third kappa shape index (κ3) is 3.74. The molecule has 0 unspecified atom stereocenters. The van der Waals surface area contributed by atoms with Gasteiger partial charge in [0.05, 0.1) is 0 Å². The Balaban J connectivity index is 3.11. The molecule has 42 valence electrons. The van der Waals surface area contributed by atoms with Gasteiger partial charge in [0.25, 0.3) is 0 Å². The third-order valence-electron chi connectivity index (χ3n) is 0.580. The fraction of sp³-hybridized carbons (Fsp3) is 0.667. The van der Waals surface area contributed by atoms with Crippen molar-refractivity contribution in [3.63, 3.8) is 0 Å². The van der Waals surface area contributed by atoms with Gasteiger partial charge in [-0.05, 0) is 0 Å². The first-order valence-electron chi connectivity index (χ1n) is 2.37. The molecular weight excluding hydrogens is 106 g/mol. The molecule has 0 radical (unpaired) electrons. The molecule has 0 saturated heterocycles. The zero-order chi connectivity index (χ0) is 6.41. The standard InChI is InChI=1S/C3H6B2O3/c1-4-8-2-3(6)5-7/h4H,2H2,1H3. The molecule has 3 nitrogen and oxygen atoms in total. The van der Waals surface area contributed by atoms with Crippen molar-refractivity contribution in [1.82, 2.24) is 0 Å². The Bertz CT molecular complexity index is 92.5. The van der Waals surface area contributed by atoms with Gasteiger partial charge in [0.2, 0.25) is 0 Å². The van der Waals surface area contributed by atoms with E-state index in [1.807, 2.05) is 0 Å². The topological polar surface area (TPSA) is 43.4 Å². The molecule has 0 atom stereocenters. The third-order valence-corrected chi connectivity index (χ3v) is 0.580. The summed E-state index contributed by atoms with van der Waals surface area (Å²) in [5, 5.41) is 0. The summed E-state index contributed by atoms with van der Waals surface area (Å²) in [7, 11) is 0.731. The summed E-state index contributed by atoms with van der Waals surface area (Å²) < 4.78 is 14.2. The summed E-state index contributed by atoms with van der Waals surface area (Å²) in [6, 6.07) is 0. The zero-order valence-electron chi connectivity index (χ0n) is 4.72. The Hall–Kier alpha value is -0.440. The van der Waals surface area contributed by atoms with E-state index in [2.05, 4.69) is 4.65 Å². The van der Waals surface area contributed by atoms with Gasteiger partial charge in [-0.25, -0.2) is 0 Å². The first-order valence-corrected chi connectivity index (χ1v) is 2.37.